The van der Waals surface area contributed by atoms with Crippen LogP contribution < -0.4 is 24.8 Å². The summed E-state index contributed by atoms with van der Waals surface area (Å²) in [4.78, 5) is 24.4. The second-order valence-corrected chi connectivity index (χ2v) is 7.20. The van der Waals surface area contributed by atoms with E-state index in [1.807, 2.05) is 18.2 Å². The molecule has 166 valence electrons. The number of rotatable bonds is 8. The first kappa shape index (κ1) is 23.0. The van der Waals surface area contributed by atoms with Gasteiger partial charge in [-0.05, 0) is 36.4 Å². The molecule has 32 heavy (non-hydrogen) atoms. The molecule has 0 unspecified atom stereocenters. The van der Waals surface area contributed by atoms with E-state index >= 15 is 0 Å². The van der Waals surface area contributed by atoms with Gasteiger partial charge in [0.1, 0.15) is 12.4 Å². The van der Waals surface area contributed by atoms with E-state index in [4.69, 9.17) is 25.8 Å². The van der Waals surface area contributed by atoms with Gasteiger partial charge in [-0.1, -0.05) is 29.8 Å². The highest BCUT2D eigenvalue weighted by Crippen LogP contribution is 2.31. The molecule has 2 amide bonds. The van der Waals surface area contributed by atoms with Crippen molar-refractivity contribution in [2.45, 2.75) is 13.5 Å². The molecule has 0 saturated heterocycles. The lowest BCUT2D eigenvalue weighted by Crippen LogP contribution is -2.15. The van der Waals surface area contributed by atoms with Gasteiger partial charge in [-0.25, -0.2) is 0 Å². The molecule has 0 aliphatic heterocycles. The molecule has 0 bridgehead atoms. The second-order valence-electron chi connectivity index (χ2n) is 6.79. The van der Waals surface area contributed by atoms with Gasteiger partial charge >= 0.3 is 0 Å². The van der Waals surface area contributed by atoms with Gasteiger partial charge in [0.15, 0.2) is 11.5 Å². The van der Waals surface area contributed by atoms with E-state index in [1.54, 1.807) is 42.5 Å². The van der Waals surface area contributed by atoms with E-state index in [0.717, 1.165) is 5.56 Å². The number of hydrogen-bond acceptors (Lipinski definition) is 5. The van der Waals surface area contributed by atoms with Crippen molar-refractivity contribution in [3.8, 4) is 17.2 Å². The summed E-state index contributed by atoms with van der Waals surface area (Å²) in [6.07, 6.45) is 0. The standard InChI is InChI=1S/C24H23ClN2O5/c1-15(28)26-20-10-9-18(30-2)13-21(20)27-24(29)16-8-11-22(23(12-16)31-3)32-14-17-6-4-5-7-19(17)25/h4-13H,14H2,1-3H3,(H,26,28)(H,27,29). The minimum absolute atomic E-state index is 0.255. The number of anilines is 2. The Kier molecular flexibility index (Phi) is 7.57. The fourth-order valence-corrected chi connectivity index (χ4v) is 3.14. The van der Waals surface area contributed by atoms with Crippen molar-refractivity contribution in [2.75, 3.05) is 24.9 Å². The Morgan fingerprint density at radius 1 is 0.875 bits per heavy atom. The van der Waals surface area contributed by atoms with Crippen LogP contribution in [0.25, 0.3) is 0 Å². The van der Waals surface area contributed by atoms with Gasteiger partial charge in [-0.3, -0.25) is 9.59 Å². The summed E-state index contributed by atoms with van der Waals surface area (Å²) < 4.78 is 16.5. The van der Waals surface area contributed by atoms with Crippen molar-refractivity contribution in [1.29, 1.82) is 0 Å². The third-order valence-electron chi connectivity index (χ3n) is 4.55. The van der Waals surface area contributed by atoms with Crippen LogP contribution in [0.1, 0.15) is 22.8 Å². The van der Waals surface area contributed by atoms with Crippen molar-refractivity contribution < 1.29 is 23.8 Å². The first-order chi connectivity index (χ1) is 15.4. The second kappa shape index (κ2) is 10.5. The van der Waals surface area contributed by atoms with Crippen LogP contribution in [-0.4, -0.2) is 26.0 Å². The number of nitrogens with one attached hydrogen (secondary N) is 2. The molecule has 2 N–H and O–H groups in total. The first-order valence-corrected chi connectivity index (χ1v) is 10.1. The Morgan fingerprint density at radius 3 is 2.34 bits per heavy atom. The number of methoxy groups -OCH3 is 2. The fourth-order valence-electron chi connectivity index (χ4n) is 2.95. The lowest BCUT2D eigenvalue weighted by atomic mass is 10.1. The van der Waals surface area contributed by atoms with E-state index < -0.39 is 0 Å². The minimum Gasteiger partial charge on any atom is -0.497 e. The van der Waals surface area contributed by atoms with Crippen LogP contribution in [0.3, 0.4) is 0 Å². The van der Waals surface area contributed by atoms with Gasteiger partial charge < -0.3 is 24.8 Å². The van der Waals surface area contributed by atoms with Gasteiger partial charge in [0.25, 0.3) is 5.91 Å². The van der Waals surface area contributed by atoms with Crippen molar-refractivity contribution >= 4 is 34.8 Å². The van der Waals surface area contributed by atoms with E-state index in [9.17, 15) is 9.59 Å². The summed E-state index contributed by atoms with van der Waals surface area (Å²) in [5.74, 6) is 0.769. The van der Waals surface area contributed by atoms with Crippen LogP contribution in [0.15, 0.2) is 60.7 Å². The number of amides is 2. The SMILES string of the molecule is COc1ccc(NC(C)=O)c(NC(=O)c2ccc(OCc3ccccc3Cl)c(OC)c2)c1. The summed E-state index contributed by atoms with van der Waals surface area (Å²) in [5.41, 5.74) is 2.05. The predicted octanol–water partition coefficient (Wildman–Crippen LogP) is 5.15. The van der Waals surface area contributed by atoms with E-state index in [-0.39, 0.29) is 18.4 Å². The molecule has 0 radical (unpaired) electrons. The quantitative estimate of drug-likeness (QED) is 0.491. The van der Waals surface area contributed by atoms with Crippen LogP contribution in [0.5, 0.6) is 17.2 Å². The predicted molar refractivity (Wildman–Crippen MR) is 124 cm³/mol. The maximum absolute atomic E-state index is 12.9. The molecule has 0 fully saturated rings. The van der Waals surface area contributed by atoms with Crippen molar-refractivity contribution in [3.63, 3.8) is 0 Å². The highest BCUT2D eigenvalue weighted by Gasteiger charge is 2.15. The molecule has 7 nitrogen and oxygen atoms in total. The maximum atomic E-state index is 12.9. The van der Waals surface area contributed by atoms with Crippen molar-refractivity contribution in [2.24, 2.45) is 0 Å². The molecule has 8 heteroatoms. The zero-order valence-electron chi connectivity index (χ0n) is 17.9. The fraction of sp³-hybridized carbons (Fsp3) is 0.167. The largest absolute Gasteiger partial charge is 0.497 e. The third kappa shape index (κ3) is 5.70. The molecule has 0 saturated carbocycles. The summed E-state index contributed by atoms with van der Waals surface area (Å²) in [6, 6.07) is 17.2. The maximum Gasteiger partial charge on any atom is 0.255 e. The average Bonchev–Trinajstić information content (AvgIpc) is 2.79. The van der Waals surface area contributed by atoms with Crippen molar-refractivity contribution in [1.82, 2.24) is 0 Å². The van der Waals surface area contributed by atoms with Crippen LogP contribution in [0, 0.1) is 0 Å². The average molecular weight is 455 g/mol. The highest BCUT2D eigenvalue weighted by molar-refractivity contribution is 6.31. The van der Waals surface area contributed by atoms with Crippen LogP contribution >= 0.6 is 11.6 Å². The number of hydrogen-bond donors (Lipinski definition) is 2. The molecule has 0 spiro atoms. The lowest BCUT2D eigenvalue weighted by Gasteiger charge is -2.15. The Labute approximate surface area is 191 Å². The number of benzene rings is 3. The van der Waals surface area contributed by atoms with E-state index in [0.29, 0.717) is 39.2 Å². The monoisotopic (exact) mass is 454 g/mol. The smallest absolute Gasteiger partial charge is 0.255 e. The Hall–Kier alpha value is -3.71. The molecule has 0 heterocycles. The highest BCUT2D eigenvalue weighted by atomic mass is 35.5. The molecule has 0 aromatic heterocycles. The van der Waals surface area contributed by atoms with Crippen LogP contribution in [0.2, 0.25) is 5.02 Å². The molecule has 0 aliphatic carbocycles. The number of carbonyl (C=O) groups is 2. The number of carbonyl (C=O) groups excluding carboxylic acids is 2. The Morgan fingerprint density at radius 2 is 1.66 bits per heavy atom. The lowest BCUT2D eigenvalue weighted by molar-refractivity contribution is -0.114. The molecule has 0 aliphatic rings. The summed E-state index contributed by atoms with van der Waals surface area (Å²) in [6.45, 7) is 1.65. The van der Waals surface area contributed by atoms with Gasteiger partial charge in [-0.2, -0.15) is 0 Å². The Bertz CT molecular complexity index is 1130. The van der Waals surface area contributed by atoms with Gasteiger partial charge in [0.05, 0.1) is 25.6 Å². The topological polar surface area (TPSA) is 85.9 Å². The third-order valence-corrected chi connectivity index (χ3v) is 4.92. The van der Waals surface area contributed by atoms with Gasteiger partial charge in [0.2, 0.25) is 5.91 Å². The molecule has 3 aromatic rings. The Balaban J connectivity index is 1.79. The van der Waals surface area contributed by atoms with Crippen LogP contribution in [0.4, 0.5) is 11.4 Å². The van der Waals surface area contributed by atoms with Crippen molar-refractivity contribution in [3.05, 3.63) is 76.8 Å². The first-order valence-electron chi connectivity index (χ1n) is 9.72. The molecule has 3 rings (SSSR count). The summed E-state index contributed by atoms with van der Waals surface area (Å²) in [5, 5.41) is 6.09. The molecule has 0 atom stereocenters. The zero-order chi connectivity index (χ0) is 23.1. The normalized spacial score (nSPS) is 10.2. The molecular formula is C24H23ClN2O5. The van der Waals surface area contributed by atoms with Gasteiger partial charge in [0, 0.05) is 29.1 Å². The summed E-state index contributed by atoms with van der Waals surface area (Å²) >= 11 is 6.17. The van der Waals surface area contributed by atoms with E-state index in [2.05, 4.69) is 10.6 Å². The summed E-state index contributed by atoms with van der Waals surface area (Å²) in [7, 11) is 3.02. The molecular weight excluding hydrogens is 432 g/mol. The minimum atomic E-state index is -0.388. The molecule has 3 aromatic carbocycles. The zero-order valence-corrected chi connectivity index (χ0v) is 18.7. The number of ether oxygens (including phenoxy) is 3. The number of halogens is 1. The van der Waals surface area contributed by atoms with E-state index in [1.165, 1.54) is 21.1 Å². The van der Waals surface area contributed by atoms with Gasteiger partial charge in [-0.15, -0.1) is 0 Å². The van der Waals surface area contributed by atoms with Crippen LogP contribution in [-0.2, 0) is 11.4 Å².